The third-order valence-electron chi connectivity index (χ3n) is 2.13. The van der Waals surface area contributed by atoms with Gasteiger partial charge in [-0.2, -0.15) is 13.2 Å². The van der Waals surface area contributed by atoms with Crippen LogP contribution >= 0.6 is 11.3 Å². The molecule has 0 unspecified atom stereocenters. The molecule has 0 aromatic carbocycles. The average Bonchev–Trinajstić information content (AvgIpc) is 2.82. The van der Waals surface area contributed by atoms with Crippen molar-refractivity contribution in [1.82, 2.24) is 15.2 Å². The van der Waals surface area contributed by atoms with Gasteiger partial charge in [-0.25, -0.2) is 4.98 Å². The molecule has 0 aliphatic heterocycles. The average molecular weight is 274 g/mol. The quantitative estimate of drug-likeness (QED) is 0.931. The van der Waals surface area contributed by atoms with Gasteiger partial charge in [0, 0.05) is 18.3 Å². The van der Waals surface area contributed by atoms with Crippen LogP contribution in [0.15, 0.2) is 23.0 Å². The van der Waals surface area contributed by atoms with E-state index in [-0.39, 0.29) is 0 Å². The lowest BCUT2D eigenvalue weighted by Gasteiger charge is -2.06. The highest BCUT2D eigenvalue weighted by atomic mass is 32.1. The first-order valence-corrected chi connectivity index (χ1v) is 6.02. The summed E-state index contributed by atoms with van der Waals surface area (Å²) in [5.74, 6) is 0.318. The van der Waals surface area contributed by atoms with E-state index >= 15 is 0 Å². The van der Waals surface area contributed by atoms with E-state index in [9.17, 15) is 13.2 Å². The Hall–Kier alpha value is -1.70. The van der Waals surface area contributed by atoms with E-state index in [1.165, 1.54) is 17.4 Å². The Balaban J connectivity index is 1.87. The highest BCUT2D eigenvalue weighted by Gasteiger charge is 2.32. The fourth-order valence-corrected chi connectivity index (χ4v) is 1.85. The lowest BCUT2D eigenvalue weighted by atomic mass is 10.3. The molecule has 0 saturated carbocycles. The Morgan fingerprint density at radius 3 is 2.61 bits per heavy atom. The lowest BCUT2D eigenvalue weighted by molar-refractivity contribution is -0.141. The zero-order valence-corrected chi connectivity index (χ0v) is 9.92. The number of anilines is 1. The van der Waals surface area contributed by atoms with Crippen LogP contribution in [-0.4, -0.2) is 21.7 Å². The van der Waals surface area contributed by atoms with Crippen LogP contribution in [0.1, 0.15) is 11.4 Å². The van der Waals surface area contributed by atoms with Crippen molar-refractivity contribution in [3.05, 3.63) is 34.4 Å². The minimum Gasteiger partial charge on any atom is -0.368 e. The van der Waals surface area contributed by atoms with E-state index in [1.54, 1.807) is 5.51 Å². The first-order chi connectivity index (χ1) is 8.55. The predicted molar refractivity (Wildman–Crippen MR) is 61.3 cm³/mol. The minimum absolute atomic E-state index is 0.318. The minimum atomic E-state index is -4.45. The van der Waals surface area contributed by atoms with E-state index in [0.29, 0.717) is 18.8 Å². The van der Waals surface area contributed by atoms with Gasteiger partial charge in [0.15, 0.2) is 5.69 Å². The van der Waals surface area contributed by atoms with Crippen LogP contribution in [0.3, 0.4) is 0 Å². The van der Waals surface area contributed by atoms with Gasteiger partial charge in [0.25, 0.3) is 0 Å². The number of nitrogens with one attached hydrogen (secondary N) is 1. The number of halogens is 3. The van der Waals surface area contributed by atoms with Crippen molar-refractivity contribution in [2.75, 3.05) is 11.9 Å². The van der Waals surface area contributed by atoms with Crippen molar-refractivity contribution in [2.45, 2.75) is 12.6 Å². The summed E-state index contributed by atoms with van der Waals surface area (Å²) in [7, 11) is 0. The second-order valence-corrected chi connectivity index (χ2v) is 4.18. The summed E-state index contributed by atoms with van der Waals surface area (Å²) in [6, 6.07) is 2.16. The molecule has 0 amide bonds. The first kappa shape index (κ1) is 12.7. The maximum atomic E-state index is 12.2. The van der Waals surface area contributed by atoms with Crippen molar-refractivity contribution in [2.24, 2.45) is 0 Å². The largest absolute Gasteiger partial charge is 0.435 e. The Morgan fingerprint density at radius 2 is 2.06 bits per heavy atom. The molecule has 2 rings (SSSR count). The van der Waals surface area contributed by atoms with Crippen molar-refractivity contribution >= 4 is 17.2 Å². The summed E-state index contributed by atoms with van der Waals surface area (Å²) < 4.78 is 36.7. The zero-order chi connectivity index (χ0) is 13.0. The van der Waals surface area contributed by atoms with Crippen LogP contribution in [0.25, 0.3) is 0 Å². The van der Waals surface area contributed by atoms with Crippen LogP contribution in [0.5, 0.6) is 0 Å². The summed E-state index contributed by atoms with van der Waals surface area (Å²) in [6.07, 6.45) is -3.77. The Kier molecular flexibility index (Phi) is 3.75. The summed E-state index contributed by atoms with van der Waals surface area (Å²) in [5, 5.41) is 11.4. The third kappa shape index (κ3) is 3.39. The van der Waals surface area contributed by atoms with Crippen LogP contribution in [0, 0.1) is 0 Å². The fourth-order valence-electron chi connectivity index (χ4n) is 1.26. The molecular formula is C10H9F3N4S. The number of aromatic nitrogens is 3. The van der Waals surface area contributed by atoms with E-state index in [4.69, 9.17) is 0 Å². The van der Waals surface area contributed by atoms with Gasteiger partial charge >= 0.3 is 6.18 Å². The van der Waals surface area contributed by atoms with Crippen LogP contribution in [-0.2, 0) is 12.6 Å². The molecule has 1 N–H and O–H groups in total. The van der Waals surface area contributed by atoms with Gasteiger partial charge in [-0.1, -0.05) is 0 Å². The number of hydrogen-bond donors (Lipinski definition) is 1. The summed E-state index contributed by atoms with van der Waals surface area (Å²) in [5.41, 5.74) is 1.67. The third-order valence-corrected chi connectivity index (χ3v) is 2.76. The molecule has 0 fully saturated rings. The number of alkyl halides is 3. The second-order valence-electron chi connectivity index (χ2n) is 3.46. The molecule has 2 heterocycles. The Morgan fingerprint density at radius 1 is 1.22 bits per heavy atom. The maximum Gasteiger partial charge on any atom is 0.435 e. The summed E-state index contributed by atoms with van der Waals surface area (Å²) >= 11 is 1.50. The number of rotatable bonds is 4. The van der Waals surface area contributed by atoms with E-state index in [0.717, 1.165) is 11.8 Å². The summed E-state index contributed by atoms with van der Waals surface area (Å²) in [6.45, 7) is 0.545. The van der Waals surface area contributed by atoms with Crippen LogP contribution < -0.4 is 5.32 Å². The van der Waals surface area contributed by atoms with Crippen molar-refractivity contribution in [3.8, 4) is 0 Å². The first-order valence-electron chi connectivity index (χ1n) is 5.07. The van der Waals surface area contributed by atoms with Crippen LogP contribution in [0.2, 0.25) is 0 Å². The zero-order valence-electron chi connectivity index (χ0n) is 9.11. The summed E-state index contributed by atoms with van der Waals surface area (Å²) in [4.78, 5) is 4.09. The van der Waals surface area contributed by atoms with Gasteiger partial charge in [-0.05, 0) is 12.1 Å². The van der Waals surface area contributed by atoms with Gasteiger partial charge in [0.2, 0.25) is 0 Å². The molecule has 0 spiro atoms. The number of thiazole rings is 1. The molecule has 0 aliphatic carbocycles. The number of nitrogens with zero attached hydrogens (tertiary/aromatic N) is 3. The van der Waals surface area contributed by atoms with Gasteiger partial charge in [-0.15, -0.1) is 21.5 Å². The monoisotopic (exact) mass is 274 g/mol. The molecule has 0 bridgehead atoms. The molecule has 2 aromatic rings. The Labute approximate surface area is 105 Å². The standard InChI is InChI=1S/C10H9F3N4S/c11-10(12,13)8-1-2-9(17-16-8)14-4-3-7-5-18-6-15-7/h1-2,5-6H,3-4H2,(H,14,17). The predicted octanol–water partition coefficient (Wildman–Crippen LogP) is 2.61. The molecule has 0 saturated heterocycles. The molecule has 18 heavy (non-hydrogen) atoms. The van der Waals surface area contributed by atoms with E-state index < -0.39 is 11.9 Å². The molecule has 96 valence electrons. The fraction of sp³-hybridized carbons (Fsp3) is 0.300. The number of hydrogen-bond acceptors (Lipinski definition) is 5. The van der Waals surface area contributed by atoms with Gasteiger partial charge < -0.3 is 5.32 Å². The second kappa shape index (κ2) is 5.30. The molecule has 8 heteroatoms. The maximum absolute atomic E-state index is 12.2. The van der Waals surface area contributed by atoms with Crippen molar-refractivity contribution in [3.63, 3.8) is 0 Å². The molecule has 2 aromatic heterocycles. The van der Waals surface area contributed by atoms with Crippen LogP contribution in [0.4, 0.5) is 19.0 Å². The molecule has 0 radical (unpaired) electrons. The van der Waals surface area contributed by atoms with Gasteiger partial charge in [-0.3, -0.25) is 0 Å². The molecule has 0 atom stereocenters. The van der Waals surface area contributed by atoms with Gasteiger partial charge in [0.05, 0.1) is 11.2 Å². The topological polar surface area (TPSA) is 50.7 Å². The Bertz CT molecular complexity index is 481. The van der Waals surface area contributed by atoms with E-state index in [2.05, 4.69) is 20.5 Å². The molecule has 4 nitrogen and oxygen atoms in total. The smallest absolute Gasteiger partial charge is 0.368 e. The normalized spacial score (nSPS) is 11.5. The van der Waals surface area contributed by atoms with Crippen molar-refractivity contribution < 1.29 is 13.2 Å². The van der Waals surface area contributed by atoms with Gasteiger partial charge in [0.1, 0.15) is 5.82 Å². The highest BCUT2D eigenvalue weighted by molar-refractivity contribution is 7.07. The molecular weight excluding hydrogens is 265 g/mol. The molecule has 0 aliphatic rings. The van der Waals surface area contributed by atoms with E-state index in [1.807, 2.05) is 5.38 Å². The highest BCUT2D eigenvalue weighted by Crippen LogP contribution is 2.26. The van der Waals surface area contributed by atoms with Crippen molar-refractivity contribution in [1.29, 1.82) is 0 Å². The lowest BCUT2D eigenvalue weighted by Crippen LogP contribution is -2.11. The SMILES string of the molecule is FC(F)(F)c1ccc(NCCc2cscn2)nn1.